The Balaban J connectivity index is 2.20. The fourth-order valence-electron chi connectivity index (χ4n) is 3.00. The first-order chi connectivity index (χ1) is 8.54. The van der Waals surface area contributed by atoms with E-state index >= 15 is 0 Å². The molecule has 0 atom stereocenters. The first kappa shape index (κ1) is 13.5. The molecule has 0 bridgehead atoms. The summed E-state index contributed by atoms with van der Waals surface area (Å²) in [4.78, 5) is 4.81. The summed E-state index contributed by atoms with van der Waals surface area (Å²) < 4.78 is 1.95. The Labute approximate surface area is 110 Å². The maximum absolute atomic E-state index is 4.81. The topological polar surface area (TPSA) is 42.7 Å². The van der Waals surface area contributed by atoms with Crippen LogP contribution in [0.3, 0.4) is 0 Å². The Morgan fingerprint density at radius 3 is 2.56 bits per heavy atom. The highest BCUT2D eigenvalue weighted by molar-refractivity contribution is 5.08. The van der Waals surface area contributed by atoms with E-state index in [1.54, 1.807) is 0 Å². The van der Waals surface area contributed by atoms with Gasteiger partial charge in [-0.3, -0.25) is 4.68 Å². The van der Waals surface area contributed by atoms with Gasteiger partial charge in [0, 0.05) is 13.0 Å². The fraction of sp³-hybridized carbons (Fsp3) is 0.857. The molecule has 18 heavy (non-hydrogen) atoms. The molecule has 0 radical (unpaired) electrons. The summed E-state index contributed by atoms with van der Waals surface area (Å²) in [6.45, 7) is 7.41. The molecule has 0 spiro atoms. The third kappa shape index (κ3) is 2.74. The predicted molar refractivity (Wildman–Crippen MR) is 73.5 cm³/mol. The molecular weight excluding hydrogens is 224 g/mol. The lowest BCUT2D eigenvalue weighted by molar-refractivity contribution is 0.375. The zero-order valence-electron chi connectivity index (χ0n) is 12.2. The van der Waals surface area contributed by atoms with Gasteiger partial charge in [0.05, 0.1) is 5.54 Å². The highest BCUT2D eigenvalue weighted by atomic mass is 15.4. The van der Waals surface area contributed by atoms with E-state index in [4.69, 9.17) is 4.98 Å². The van der Waals surface area contributed by atoms with Gasteiger partial charge in [0.25, 0.3) is 0 Å². The van der Waals surface area contributed by atoms with E-state index in [-0.39, 0.29) is 5.54 Å². The van der Waals surface area contributed by atoms with Gasteiger partial charge in [-0.25, -0.2) is 4.98 Å². The van der Waals surface area contributed by atoms with E-state index in [9.17, 15) is 0 Å². The highest BCUT2D eigenvalue weighted by Gasteiger charge is 2.28. The lowest BCUT2D eigenvalue weighted by Gasteiger charge is -2.24. The molecule has 4 nitrogen and oxygen atoms in total. The lowest BCUT2D eigenvalue weighted by atomic mass is 9.89. The summed E-state index contributed by atoms with van der Waals surface area (Å²) in [6.07, 6.45) is 6.54. The van der Waals surface area contributed by atoms with Gasteiger partial charge in [0.2, 0.25) is 0 Å². The van der Waals surface area contributed by atoms with Crippen molar-refractivity contribution >= 4 is 0 Å². The molecule has 1 aromatic heterocycles. The second kappa shape index (κ2) is 5.39. The Bertz CT molecular complexity index is 388. The molecule has 1 saturated carbocycles. The van der Waals surface area contributed by atoms with Gasteiger partial charge in [-0.15, -0.1) is 0 Å². The van der Waals surface area contributed by atoms with Gasteiger partial charge >= 0.3 is 0 Å². The molecule has 0 aliphatic heterocycles. The first-order valence-electron chi connectivity index (χ1n) is 7.21. The van der Waals surface area contributed by atoms with Gasteiger partial charge in [0.1, 0.15) is 5.82 Å². The summed E-state index contributed by atoms with van der Waals surface area (Å²) in [5.41, 5.74) is -0.108. The highest BCUT2D eigenvalue weighted by Crippen LogP contribution is 2.31. The molecule has 1 N–H and O–H groups in total. The summed E-state index contributed by atoms with van der Waals surface area (Å²) in [7, 11) is 2.01. The van der Waals surface area contributed by atoms with Crippen molar-refractivity contribution < 1.29 is 0 Å². The summed E-state index contributed by atoms with van der Waals surface area (Å²) in [6, 6.07) is 0. The van der Waals surface area contributed by atoms with Crippen molar-refractivity contribution in [2.75, 3.05) is 6.54 Å². The second-order valence-corrected chi connectivity index (χ2v) is 5.91. The average molecular weight is 250 g/mol. The maximum Gasteiger partial charge on any atom is 0.154 e. The van der Waals surface area contributed by atoms with Gasteiger partial charge in [-0.2, -0.15) is 5.10 Å². The first-order valence-corrected chi connectivity index (χ1v) is 7.21. The Morgan fingerprint density at radius 2 is 1.94 bits per heavy atom. The average Bonchev–Trinajstić information content (AvgIpc) is 2.73. The van der Waals surface area contributed by atoms with Crippen LogP contribution in [0.2, 0.25) is 0 Å². The third-order valence-electron chi connectivity index (χ3n) is 3.93. The second-order valence-electron chi connectivity index (χ2n) is 5.91. The Hall–Kier alpha value is -0.900. The van der Waals surface area contributed by atoms with E-state index in [1.807, 2.05) is 11.7 Å². The van der Waals surface area contributed by atoms with E-state index in [0.717, 1.165) is 18.2 Å². The van der Waals surface area contributed by atoms with Crippen LogP contribution in [-0.4, -0.2) is 21.3 Å². The van der Waals surface area contributed by atoms with Crippen LogP contribution in [-0.2, 0) is 12.6 Å². The predicted octanol–water partition coefficient (Wildman–Crippen LogP) is 2.71. The van der Waals surface area contributed by atoms with Crippen molar-refractivity contribution in [3.63, 3.8) is 0 Å². The lowest BCUT2D eigenvalue weighted by Crippen LogP contribution is -2.38. The molecule has 1 fully saturated rings. The van der Waals surface area contributed by atoms with Crippen LogP contribution < -0.4 is 5.32 Å². The molecule has 1 aliphatic rings. The van der Waals surface area contributed by atoms with Crippen LogP contribution in [0.1, 0.15) is 70.4 Å². The number of nitrogens with one attached hydrogen (secondary N) is 1. The number of aromatic nitrogens is 3. The number of aryl methyl sites for hydroxylation is 1. The zero-order chi connectivity index (χ0) is 13.2. The quantitative estimate of drug-likeness (QED) is 0.893. The van der Waals surface area contributed by atoms with Crippen molar-refractivity contribution in [2.24, 2.45) is 7.05 Å². The molecule has 0 amide bonds. The smallest absolute Gasteiger partial charge is 0.154 e. The van der Waals surface area contributed by atoms with Crippen LogP contribution in [0.25, 0.3) is 0 Å². The standard InChI is InChI=1S/C14H26N4/c1-5-15-14(2,3)13-16-12(17-18(13)4)11-9-7-6-8-10-11/h11,15H,5-10H2,1-4H3. The number of rotatable bonds is 4. The summed E-state index contributed by atoms with van der Waals surface area (Å²) in [5.74, 6) is 2.68. The largest absolute Gasteiger partial charge is 0.306 e. The van der Waals surface area contributed by atoms with Crippen LogP contribution >= 0.6 is 0 Å². The third-order valence-corrected chi connectivity index (χ3v) is 3.93. The molecule has 2 rings (SSSR count). The van der Waals surface area contributed by atoms with Gasteiger partial charge < -0.3 is 5.32 Å². The molecule has 102 valence electrons. The monoisotopic (exact) mass is 250 g/mol. The van der Waals surface area contributed by atoms with Crippen LogP contribution in [0.15, 0.2) is 0 Å². The van der Waals surface area contributed by atoms with E-state index < -0.39 is 0 Å². The summed E-state index contributed by atoms with van der Waals surface area (Å²) in [5, 5.41) is 8.12. The van der Waals surface area contributed by atoms with Crippen molar-refractivity contribution in [1.29, 1.82) is 0 Å². The molecule has 1 aliphatic carbocycles. The number of hydrogen-bond acceptors (Lipinski definition) is 3. The van der Waals surface area contributed by atoms with Crippen LogP contribution in [0, 0.1) is 0 Å². The molecule has 0 saturated heterocycles. The van der Waals surface area contributed by atoms with Gasteiger partial charge in [-0.05, 0) is 33.2 Å². The zero-order valence-corrected chi connectivity index (χ0v) is 12.2. The molecule has 0 aromatic carbocycles. The van der Waals surface area contributed by atoms with Crippen molar-refractivity contribution in [1.82, 2.24) is 20.1 Å². The molecular formula is C14H26N4. The van der Waals surface area contributed by atoms with Gasteiger partial charge in [0.15, 0.2) is 5.82 Å². The van der Waals surface area contributed by atoms with Crippen molar-refractivity contribution in [3.05, 3.63) is 11.6 Å². The molecule has 1 heterocycles. The van der Waals surface area contributed by atoms with E-state index in [1.165, 1.54) is 32.1 Å². The fourth-order valence-corrected chi connectivity index (χ4v) is 3.00. The van der Waals surface area contributed by atoms with E-state index in [0.29, 0.717) is 5.92 Å². The summed E-state index contributed by atoms with van der Waals surface area (Å²) >= 11 is 0. The number of hydrogen-bond donors (Lipinski definition) is 1. The van der Waals surface area contributed by atoms with Gasteiger partial charge in [-0.1, -0.05) is 26.2 Å². The Morgan fingerprint density at radius 1 is 1.28 bits per heavy atom. The minimum Gasteiger partial charge on any atom is -0.306 e. The van der Waals surface area contributed by atoms with E-state index in [2.05, 4.69) is 31.2 Å². The minimum absolute atomic E-state index is 0.108. The Kier molecular flexibility index (Phi) is 4.05. The normalized spacial score (nSPS) is 18.2. The van der Waals surface area contributed by atoms with Crippen LogP contribution in [0.5, 0.6) is 0 Å². The van der Waals surface area contributed by atoms with Crippen molar-refractivity contribution in [3.8, 4) is 0 Å². The molecule has 4 heteroatoms. The minimum atomic E-state index is -0.108. The number of nitrogens with zero attached hydrogens (tertiary/aromatic N) is 3. The maximum atomic E-state index is 4.81. The molecule has 1 aromatic rings. The van der Waals surface area contributed by atoms with Crippen molar-refractivity contribution in [2.45, 2.75) is 64.3 Å². The van der Waals surface area contributed by atoms with Crippen LogP contribution in [0.4, 0.5) is 0 Å². The molecule has 0 unspecified atom stereocenters. The SMILES string of the molecule is CCNC(C)(C)c1nc(C2CCCCC2)nn1C.